The number of nitrogens with zero attached hydrogens (tertiary/aromatic N) is 1. The minimum absolute atomic E-state index is 0.0971. The standard InChI is InChI=1S/C20H19ClF3N3O/c1-12-17(13-7-9-15(21)10-8-13)19(2,26-18(25)27(12)3)14-5-4-6-16(11-14)28-20(22,23)24/h4-11,17H,1H2,2-3H3,(H2,25,26)/t17-,19+/m0/s1. The first kappa shape index (κ1) is 20.1. The molecular formula is C20H19ClF3N3O. The van der Waals surface area contributed by atoms with Crippen LogP contribution in [0.4, 0.5) is 13.2 Å². The molecule has 2 aromatic carbocycles. The van der Waals surface area contributed by atoms with E-state index in [1.807, 2.05) is 19.1 Å². The molecule has 1 aliphatic heterocycles. The number of guanidine groups is 1. The van der Waals surface area contributed by atoms with E-state index in [0.29, 0.717) is 16.3 Å². The number of ether oxygens (including phenoxy) is 1. The number of alkyl halides is 3. The maximum atomic E-state index is 12.7. The zero-order valence-electron chi connectivity index (χ0n) is 15.3. The molecule has 0 aromatic heterocycles. The van der Waals surface area contributed by atoms with Crippen molar-refractivity contribution in [1.82, 2.24) is 10.2 Å². The second-order valence-corrected chi connectivity index (χ2v) is 7.22. The Labute approximate surface area is 166 Å². The van der Waals surface area contributed by atoms with Gasteiger partial charge in [-0.15, -0.1) is 13.2 Å². The number of nitrogens with one attached hydrogen (secondary N) is 2. The predicted octanol–water partition coefficient (Wildman–Crippen LogP) is 5.22. The molecule has 28 heavy (non-hydrogen) atoms. The molecule has 1 heterocycles. The van der Waals surface area contributed by atoms with Crippen molar-refractivity contribution in [2.75, 3.05) is 7.05 Å². The molecule has 0 saturated carbocycles. The minimum Gasteiger partial charge on any atom is -0.406 e. The Morgan fingerprint density at radius 1 is 1.21 bits per heavy atom. The van der Waals surface area contributed by atoms with E-state index in [9.17, 15) is 13.2 Å². The van der Waals surface area contributed by atoms with E-state index in [0.717, 1.165) is 5.56 Å². The van der Waals surface area contributed by atoms with Crippen molar-refractivity contribution in [3.05, 3.63) is 77.0 Å². The van der Waals surface area contributed by atoms with Crippen LogP contribution in [0.5, 0.6) is 5.75 Å². The fourth-order valence-corrected chi connectivity index (χ4v) is 3.63. The largest absolute Gasteiger partial charge is 0.573 e. The molecule has 0 bridgehead atoms. The topological polar surface area (TPSA) is 48.4 Å². The van der Waals surface area contributed by atoms with Crippen molar-refractivity contribution in [3.8, 4) is 5.75 Å². The van der Waals surface area contributed by atoms with Gasteiger partial charge in [-0.2, -0.15) is 0 Å². The van der Waals surface area contributed by atoms with Gasteiger partial charge in [-0.3, -0.25) is 5.41 Å². The van der Waals surface area contributed by atoms with Gasteiger partial charge in [0.1, 0.15) is 5.75 Å². The van der Waals surface area contributed by atoms with Crippen LogP contribution in [0.25, 0.3) is 0 Å². The van der Waals surface area contributed by atoms with Crippen molar-refractivity contribution in [1.29, 1.82) is 5.41 Å². The van der Waals surface area contributed by atoms with Gasteiger partial charge in [0.25, 0.3) is 0 Å². The van der Waals surface area contributed by atoms with Crippen LogP contribution in [-0.2, 0) is 5.54 Å². The van der Waals surface area contributed by atoms with E-state index < -0.39 is 11.9 Å². The lowest BCUT2D eigenvalue weighted by atomic mass is 9.72. The molecular weight excluding hydrogens is 391 g/mol. The number of halogens is 4. The zero-order chi connectivity index (χ0) is 20.7. The first-order chi connectivity index (χ1) is 13.0. The Kier molecular flexibility index (Phi) is 5.06. The fraction of sp³-hybridized carbons (Fsp3) is 0.250. The maximum Gasteiger partial charge on any atom is 0.573 e. The van der Waals surface area contributed by atoms with Crippen molar-refractivity contribution in [3.63, 3.8) is 0 Å². The number of likely N-dealkylation sites (N-methyl/N-ethyl adjacent to an activating group) is 1. The molecule has 3 rings (SSSR count). The summed E-state index contributed by atoms with van der Waals surface area (Å²) in [5, 5.41) is 11.9. The highest BCUT2D eigenvalue weighted by Gasteiger charge is 2.45. The number of hydrogen-bond donors (Lipinski definition) is 2. The lowest BCUT2D eigenvalue weighted by molar-refractivity contribution is -0.274. The molecule has 0 unspecified atom stereocenters. The molecule has 2 N–H and O–H groups in total. The van der Waals surface area contributed by atoms with Gasteiger partial charge in [-0.05, 0) is 42.3 Å². The second kappa shape index (κ2) is 7.05. The highest BCUT2D eigenvalue weighted by atomic mass is 35.5. The van der Waals surface area contributed by atoms with Crippen molar-refractivity contribution >= 4 is 17.6 Å². The SMILES string of the molecule is C=C1[C@@H](c2ccc(Cl)cc2)[C@@](C)(c2cccc(OC(F)(F)F)c2)NC(=N)N1C. The molecule has 2 aromatic rings. The average Bonchev–Trinajstić information content (AvgIpc) is 2.60. The molecule has 1 aliphatic rings. The molecule has 2 atom stereocenters. The molecule has 148 valence electrons. The summed E-state index contributed by atoms with van der Waals surface area (Å²) in [5.41, 5.74) is 1.11. The van der Waals surface area contributed by atoms with Crippen LogP contribution >= 0.6 is 11.6 Å². The second-order valence-electron chi connectivity index (χ2n) is 6.79. The number of rotatable bonds is 3. The summed E-state index contributed by atoms with van der Waals surface area (Å²) in [6.07, 6.45) is -4.79. The van der Waals surface area contributed by atoms with Crippen LogP contribution < -0.4 is 10.1 Å². The van der Waals surface area contributed by atoms with E-state index in [4.69, 9.17) is 17.0 Å². The van der Waals surface area contributed by atoms with Crippen molar-refractivity contribution in [2.24, 2.45) is 0 Å². The van der Waals surface area contributed by atoms with Crippen molar-refractivity contribution in [2.45, 2.75) is 24.7 Å². The van der Waals surface area contributed by atoms with E-state index in [2.05, 4.69) is 16.6 Å². The van der Waals surface area contributed by atoms with E-state index >= 15 is 0 Å². The van der Waals surface area contributed by atoms with E-state index in [1.54, 1.807) is 30.1 Å². The first-order valence-electron chi connectivity index (χ1n) is 8.42. The summed E-state index contributed by atoms with van der Waals surface area (Å²) >= 11 is 6.00. The molecule has 1 fully saturated rings. The van der Waals surface area contributed by atoms with E-state index in [1.165, 1.54) is 18.2 Å². The molecule has 0 radical (unpaired) electrons. The van der Waals surface area contributed by atoms with Crippen LogP contribution in [0.15, 0.2) is 60.8 Å². The van der Waals surface area contributed by atoms with Crippen LogP contribution in [0.1, 0.15) is 24.0 Å². The van der Waals surface area contributed by atoms with Gasteiger partial charge in [0.15, 0.2) is 5.96 Å². The van der Waals surface area contributed by atoms with Gasteiger partial charge in [0.05, 0.1) is 11.5 Å². The smallest absolute Gasteiger partial charge is 0.406 e. The molecule has 8 heteroatoms. The van der Waals surface area contributed by atoms with Crippen LogP contribution in [0.2, 0.25) is 5.02 Å². The molecule has 1 saturated heterocycles. The monoisotopic (exact) mass is 409 g/mol. The molecule has 4 nitrogen and oxygen atoms in total. The van der Waals surface area contributed by atoms with Gasteiger partial charge in [0, 0.05) is 17.8 Å². The fourth-order valence-electron chi connectivity index (χ4n) is 3.51. The highest BCUT2D eigenvalue weighted by molar-refractivity contribution is 6.30. The van der Waals surface area contributed by atoms with Crippen LogP contribution in [-0.4, -0.2) is 24.3 Å². The zero-order valence-corrected chi connectivity index (χ0v) is 16.0. The lowest BCUT2D eigenvalue weighted by Gasteiger charge is -2.48. The third-order valence-corrected chi connectivity index (χ3v) is 5.18. The molecule has 0 amide bonds. The Morgan fingerprint density at radius 2 is 1.86 bits per heavy atom. The van der Waals surface area contributed by atoms with Gasteiger partial charge in [-0.25, -0.2) is 0 Å². The van der Waals surface area contributed by atoms with Gasteiger partial charge in [-0.1, -0.05) is 42.4 Å². The third kappa shape index (κ3) is 3.80. The highest BCUT2D eigenvalue weighted by Crippen LogP contribution is 2.45. The maximum absolute atomic E-state index is 12.7. The third-order valence-electron chi connectivity index (χ3n) is 4.93. The molecule has 0 spiro atoms. The van der Waals surface area contributed by atoms with Gasteiger partial charge in [0.2, 0.25) is 0 Å². The average molecular weight is 410 g/mol. The Balaban J connectivity index is 2.11. The van der Waals surface area contributed by atoms with Crippen molar-refractivity contribution < 1.29 is 17.9 Å². The van der Waals surface area contributed by atoms with Crippen LogP contribution in [0, 0.1) is 5.41 Å². The number of hydrogen-bond acceptors (Lipinski definition) is 2. The summed E-state index contributed by atoms with van der Waals surface area (Å²) in [6.45, 7) is 5.95. The summed E-state index contributed by atoms with van der Waals surface area (Å²) < 4.78 is 42.1. The summed E-state index contributed by atoms with van der Waals surface area (Å²) in [6, 6.07) is 12.9. The summed E-state index contributed by atoms with van der Waals surface area (Å²) in [5.74, 6) is -0.580. The Morgan fingerprint density at radius 3 is 2.46 bits per heavy atom. The minimum atomic E-state index is -4.79. The normalized spacial score (nSPS) is 22.8. The molecule has 0 aliphatic carbocycles. The summed E-state index contributed by atoms with van der Waals surface area (Å²) in [7, 11) is 1.71. The summed E-state index contributed by atoms with van der Waals surface area (Å²) in [4.78, 5) is 1.61. The lowest BCUT2D eigenvalue weighted by Crippen LogP contribution is -2.58. The predicted molar refractivity (Wildman–Crippen MR) is 102 cm³/mol. The Hall–Kier alpha value is -2.67. The van der Waals surface area contributed by atoms with Gasteiger partial charge < -0.3 is 15.0 Å². The quantitative estimate of drug-likeness (QED) is 0.730. The first-order valence-corrected chi connectivity index (χ1v) is 8.80. The van der Waals surface area contributed by atoms with E-state index in [-0.39, 0.29) is 17.6 Å². The Bertz CT molecular complexity index is 914. The van der Waals surface area contributed by atoms with Crippen LogP contribution in [0.3, 0.4) is 0 Å². The van der Waals surface area contributed by atoms with Gasteiger partial charge >= 0.3 is 6.36 Å². The number of benzene rings is 2.